The molecule has 0 spiro atoms. The Balaban J connectivity index is 1.32. The molecule has 0 radical (unpaired) electrons. The zero-order valence-corrected chi connectivity index (χ0v) is 27.1. The number of hydrogen-bond donors (Lipinski definition) is 2. The van der Waals surface area contributed by atoms with Crippen LogP contribution in [-0.4, -0.2) is 73.1 Å². The zero-order chi connectivity index (χ0) is 30.7. The van der Waals surface area contributed by atoms with Crippen LogP contribution in [0.15, 0.2) is 42.5 Å². The van der Waals surface area contributed by atoms with Crippen molar-refractivity contribution in [3.63, 3.8) is 0 Å². The molecule has 0 aromatic heterocycles. The number of aryl methyl sites for hydroxylation is 2. The number of anilines is 2. The number of piperidine rings is 2. The number of carbonyl (C=O) groups excluding carboxylic acids is 2. The Labute approximate surface area is 260 Å². The molecule has 2 aromatic rings. The monoisotopic (exact) mass is 591 g/mol. The Hall–Kier alpha value is -2.90. The maximum atomic E-state index is 13.7. The van der Waals surface area contributed by atoms with E-state index in [1.165, 1.54) is 6.42 Å². The largest absolute Gasteiger partial charge is 0.497 e. The van der Waals surface area contributed by atoms with E-state index in [9.17, 15) is 9.59 Å². The van der Waals surface area contributed by atoms with Crippen LogP contribution in [0.25, 0.3) is 0 Å². The Kier molecular flexibility index (Phi) is 12.5. The van der Waals surface area contributed by atoms with Gasteiger partial charge in [0.2, 0.25) is 5.91 Å². The van der Waals surface area contributed by atoms with Crippen molar-refractivity contribution in [2.45, 2.75) is 103 Å². The highest BCUT2D eigenvalue weighted by Crippen LogP contribution is 2.30. The number of unbranched alkanes of at least 4 members (excludes halogenated alkanes) is 3. The molecule has 2 N–H and O–H groups in total. The van der Waals surface area contributed by atoms with Gasteiger partial charge < -0.3 is 19.9 Å². The van der Waals surface area contributed by atoms with Crippen LogP contribution >= 0.6 is 0 Å². The number of quaternary nitrogens is 1. The third-order valence-electron chi connectivity index (χ3n) is 9.80. The summed E-state index contributed by atoms with van der Waals surface area (Å²) in [6.07, 6.45) is 12.1. The molecule has 2 aliphatic heterocycles. The lowest BCUT2D eigenvalue weighted by atomic mass is 9.95. The van der Waals surface area contributed by atoms with Crippen LogP contribution in [0.5, 0.6) is 5.75 Å². The van der Waals surface area contributed by atoms with Crippen molar-refractivity contribution < 1.29 is 18.8 Å². The molecule has 2 saturated heterocycles. The number of nitrogens with zero attached hydrogens (tertiary/aromatic N) is 2. The molecular weight excluding hydrogens is 536 g/mol. The second-order valence-electron chi connectivity index (χ2n) is 12.8. The first-order valence-electron chi connectivity index (χ1n) is 16.8. The fraction of sp³-hybridized carbons (Fsp3) is 0.611. The predicted octanol–water partition coefficient (Wildman–Crippen LogP) is 7.08. The molecule has 2 amide bonds. The van der Waals surface area contributed by atoms with Crippen molar-refractivity contribution in [2.24, 2.45) is 0 Å². The summed E-state index contributed by atoms with van der Waals surface area (Å²) in [5, 5.41) is 6.48. The summed E-state index contributed by atoms with van der Waals surface area (Å²) in [6, 6.07) is 13.8. The van der Waals surface area contributed by atoms with Gasteiger partial charge in [0.25, 0.3) is 5.91 Å². The number of benzene rings is 2. The Morgan fingerprint density at radius 3 is 2.30 bits per heavy atom. The number of rotatable bonds is 14. The van der Waals surface area contributed by atoms with Crippen molar-refractivity contribution >= 4 is 23.2 Å². The fourth-order valence-corrected chi connectivity index (χ4v) is 7.29. The second-order valence-corrected chi connectivity index (χ2v) is 12.8. The summed E-state index contributed by atoms with van der Waals surface area (Å²) in [5.74, 6) is 1.09. The first kappa shape index (κ1) is 33.0. The van der Waals surface area contributed by atoms with Crippen molar-refractivity contribution in [3.8, 4) is 5.75 Å². The number of amides is 2. The summed E-state index contributed by atoms with van der Waals surface area (Å²) < 4.78 is 6.20. The van der Waals surface area contributed by atoms with Gasteiger partial charge >= 0.3 is 0 Å². The zero-order valence-electron chi connectivity index (χ0n) is 27.1. The highest BCUT2D eigenvalue weighted by molar-refractivity contribution is 5.96. The molecule has 0 bridgehead atoms. The topological polar surface area (TPSA) is 70.7 Å². The van der Waals surface area contributed by atoms with Gasteiger partial charge in [-0.3, -0.25) is 14.5 Å². The molecule has 4 rings (SSSR count). The SMILES string of the molecule is CCCC[N+]1(CCCCCN2CCCCC2C(=O)Nc2c(C)cccc2C)CCCCC1C(=O)Nc1ccc(OC)cc1. The second kappa shape index (κ2) is 16.2. The third kappa shape index (κ3) is 8.82. The summed E-state index contributed by atoms with van der Waals surface area (Å²) >= 11 is 0. The molecule has 2 heterocycles. The average Bonchev–Trinajstić information content (AvgIpc) is 3.02. The lowest BCUT2D eigenvalue weighted by Crippen LogP contribution is -2.63. The molecule has 236 valence electrons. The van der Waals surface area contributed by atoms with Crippen LogP contribution in [-0.2, 0) is 9.59 Å². The number of hydrogen-bond acceptors (Lipinski definition) is 4. The summed E-state index contributed by atoms with van der Waals surface area (Å²) in [5.41, 5.74) is 4.03. The first-order valence-corrected chi connectivity index (χ1v) is 16.8. The average molecular weight is 592 g/mol. The molecule has 0 aliphatic carbocycles. The summed E-state index contributed by atoms with van der Waals surface area (Å²) in [7, 11) is 1.66. The smallest absolute Gasteiger partial charge is 0.282 e. The lowest BCUT2D eigenvalue weighted by Gasteiger charge is -2.47. The van der Waals surface area contributed by atoms with Gasteiger partial charge in [0.15, 0.2) is 6.04 Å². The summed E-state index contributed by atoms with van der Waals surface area (Å²) in [6.45, 7) is 11.5. The molecule has 2 fully saturated rings. The van der Waals surface area contributed by atoms with Crippen LogP contribution in [0.4, 0.5) is 11.4 Å². The highest BCUT2D eigenvalue weighted by atomic mass is 16.5. The molecule has 3 atom stereocenters. The van der Waals surface area contributed by atoms with Crippen LogP contribution in [0.1, 0.15) is 88.7 Å². The van der Waals surface area contributed by atoms with E-state index < -0.39 is 0 Å². The van der Waals surface area contributed by atoms with Crippen molar-refractivity contribution in [2.75, 3.05) is 50.5 Å². The van der Waals surface area contributed by atoms with Crippen LogP contribution in [0.3, 0.4) is 0 Å². The molecule has 2 aliphatic rings. The van der Waals surface area contributed by atoms with E-state index in [1.807, 2.05) is 30.3 Å². The minimum Gasteiger partial charge on any atom is -0.497 e. The molecule has 7 heteroatoms. The van der Waals surface area contributed by atoms with E-state index in [-0.39, 0.29) is 23.9 Å². The molecular formula is C36H55N4O3+. The maximum absolute atomic E-state index is 13.7. The Morgan fingerprint density at radius 1 is 0.860 bits per heavy atom. The third-order valence-corrected chi connectivity index (χ3v) is 9.80. The number of likely N-dealkylation sites (tertiary alicyclic amines) is 2. The lowest BCUT2D eigenvalue weighted by molar-refractivity contribution is -0.947. The van der Waals surface area contributed by atoms with Gasteiger partial charge in [-0.1, -0.05) is 38.0 Å². The number of carbonyl (C=O) groups is 2. The number of methoxy groups -OCH3 is 1. The first-order chi connectivity index (χ1) is 20.9. The van der Waals surface area contributed by atoms with Gasteiger partial charge in [-0.2, -0.15) is 0 Å². The van der Waals surface area contributed by atoms with Crippen molar-refractivity contribution in [1.29, 1.82) is 0 Å². The number of nitrogens with one attached hydrogen (secondary N) is 2. The van der Waals surface area contributed by atoms with Gasteiger partial charge in [-0.25, -0.2) is 0 Å². The van der Waals surface area contributed by atoms with Crippen molar-refractivity contribution in [3.05, 3.63) is 53.6 Å². The Morgan fingerprint density at radius 2 is 1.58 bits per heavy atom. The van der Waals surface area contributed by atoms with E-state index in [1.54, 1.807) is 7.11 Å². The predicted molar refractivity (Wildman–Crippen MR) is 177 cm³/mol. The molecule has 2 aromatic carbocycles. The van der Waals surface area contributed by atoms with E-state index in [2.05, 4.69) is 48.4 Å². The van der Waals surface area contributed by atoms with E-state index in [4.69, 9.17) is 4.74 Å². The molecule has 7 nitrogen and oxygen atoms in total. The minimum atomic E-state index is -0.0520. The van der Waals surface area contributed by atoms with E-state index >= 15 is 0 Å². The van der Waals surface area contributed by atoms with E-state index in [0.717, 1.165) is 130 Å². The van der Waals surface area contributed by atoms with Gasteiger partial charge in [0.1, 0.15) is 5.75 Å². The number of para-hydroxylation sites is 1. The normalized spacial score (nSPS) is 22.6. The molecule has 0 saturated carbocycles. The van der Waals surface area contributed by atoms with E-state index in [0.29, 0.717) is 0 Å². The minimum absolute atomic E-state index is 0.00229. The molecule has 43 heavy (non-hydrogen) atoms. The van der Waals surface area contributed by atoms with Crippen LogP contribution in [0, 0.1) is 13.8 Å². The van der Waals surface area contributed by atoms with Gasteiger partial charge in [-0.15, -0.1) is 0 Å². The highest BCUT2D eigenvalue weighted by Gasteiger charge is 2.43. The maximum Gasteiger partial charge on any atom is 0.282 e. The summed E-state index contributed by atoms with van der Waals surface area (Å²) in [4.78, 5) is 29.5. The van der Waals surface area contributed by atoms with Crippen LogP contribution in [0.2, 0.25) is 0 Å². The quantitative estimate of drug-likeness (QED) is 0.182. The van der Waals surface area contributed by atoms with Crippen LogP contribution < -0.4 is 15.4 Å². The van der Waals surface area contributed by atoms with Gasteiger partial charge in [-0.05, 0) is 114 Å². The fourth-order valence-electron chi connectivity index (χ4n) is 7.29. The number of ether oxygens (including phenoxy) is 1. The standard InChI is InChI=1S/C36H54N4O3/c1-5-6-25-40(27-13-9-18-33(40)36(42)37-30-19-21-31(43-4)22-20-30)26-12-7-10-23-39-24-11-8-17-32(39)35(41)38-34-28(2)15-14-16-29(34)3/h14-16,19-22,32-33H,5-13,17-18,23-27H2,1-4H3,(H-,37,38,41,42)/p+1. The van der Waals surface area contributed by atoms with Gasteiger partial charge in [0.05, 0.1) is 32.8 Å². The van der Waals surface area contributed by atoms with Gasteiger partial charge in [0, 0.05) is 17.8 Å². The molecule has 3 unspecified atom stereocenters. The van der Waals surface area contributed by atoms with Crippen molar-refractivity contribution in [1.82, 2.24) is 4.90 Å². The Bertz CT molecular complexity index is 1160.